The van der Waals surface area contributed by atoms with E-state index in [1.807, 2.05) is 20.8 Å². The first kappa shape index (κ1) is 15.4. The van der Waals surface area contributed by atoms with Crippen molar-refractivity contribution in [1.29, 1.82) is 5.26 Å². The Morgan fingerprint density at radius 1 is 1.39 bits per heavy atom. The molecule has 0 bridgehead atoms. The van der Waals surface area contributed by atoms with Gasteiger partial charge in [0.2, 0.25) is 5.91 Å². The Kier molecular flexibility index (Phi) is 5.52. The fourth-order valence-electron chi connectivity index (χ4n) is 2.03. The van der Waals surface area contributed by atoms with Gasteiger partial charge in [0.05, 0.1) is 11.3 Å². The van der Waals surface area contributed by atoms with Crippen molar-refractivity contribution in [3.63, 3.8) is 0 Å². The number of nitrogens with one attached hydrogen (secondary N) is 1. The number of thioether (sulfide) groups is 1. The molecule has 0 aromatic rings. The van der Waals surface area contributed by atoms with E-state index in [1.165, 1.54) is 25.7 Å². The fourth-order valence-corrected chi connectivity index (χ4v) is 3.40. The van der Waals surface area contributed by atoms with Crippen LogP contribution in [0.3, 0.4) is 0 Å². The second-order valence-electron chi connectivity index (χ2n) is 5.64. The summed E-state index contributed by atoms with van der Waals surface area (Å²) < 4.78 is 0. The lowest BCUT2D eigenvalue weighted by Crippen LogP contribution is -2.51. The topological polar surface area (TPSA) is 52.9 Å². The third-order valence-electron chi connectivity index (χ3n) is 3.84. The van der Waals surface area contributed by atoms with Crippen LogP contribution in [0.5, 0.6) is 0 Å². The quantitative estimate of drug-likeness (QED) is 0.833. The highest BCUT2D eigenvalue weighted by Crippen LogP contribution is 2.32. The normalized spacial score (nSPS) is 21.3. The summed E-state index contributed by atoms with van der Waals surface area (Å²) in [5.74, 6) is 0.0970. The van der Waals surface area contributed by atoms with Gasteiger partial charge in [-0.25, -0.2) is 0 Å². The third-order valence-corrected chi connectivity index (χ3v) is 5.32. The molecule has 3 nitrogen and oxygen atoms in total. The van der Waals surface area contributed by atoms with Crippen molar-refractivity contribution in [2.24, 2.45) is 5.92 Å². The maximum Gasteiger partial charge on any atom is 0.234 e. The molecule has 4 heteroatoms. The standard InChI is InChI=1S/C14H24N2OS/c1-10(2)14(4,9-15)16-13(17)11(3)18-12-7-5-6-8-12/h10-12H,5-8H2,1-4H3,(H,16,17)/t11-,14+/m1/s1. The maximum absolute atomic E-state index is 12.1. The molecule has 0 heterocycles. The van der Waals surface area contributed by atoms with Crippen LogP contribution in [0.25, 0.3) is 0 Å². The van der Waals surface area contributed by atoms with Gasteiger partial charge >= 0.3 is 0 Å². The Hall–Kier alpha value is -0.690. The molecular formula is C14H24N2OS. The number of hydrogen-bond donors (Lipinski definition) is 1. The second kappa shape index (κ2) is 6.47. The molecule has 0 unspecified atom stereocenters. The number of rotatable bonds is 5. The Balaban J connectivity index is 2.51. The number of carbonyl (C=O) groups is 1. The SMILES string of the molecule is CC(C)[C@](C)(C#N)NC(=O)[C@@H](C)SC1CCCC1. The molecule has 0 spiro atoms. The predicted molar refractivity (Wildman–Crippen MR) is 76.3 cm³/mol. The molecule has 0 aromatic heterocycles. The maximum atomic E-state index is 12.1. The van der Waals surface area contributed by atoms with Crippen molar-refractivity contribution < 1.29 is 4.79 Å². The summed E-state index contributed by atoms with van der Waals surface area (Å²) in [7, 11) is 0. The molecule has 18 heavy (non-hydrogen) atoms. The molecule has 1 aliphatic carbocycles. The molecule has 1 fully saturated rings. The Morgan fingerprint density at radius 2 is 1.94 bits per heavy atom. The lowest BCUT2D eigenvalue weighted by atomic mass is 9.90. The monoisotopic (exact) mass is 268 g/mol. The van der Waals surface area contributed by atoms with E-state index in [0.717, 1.165) is 0 Å². The Labute approximate surface area is 115 Å². The van der Waals surface area contributed by atoms with Crippen molar-refractivity contribution in [2.75, 3.05) is 0 Å². The van der Waals surface area contributed by atoms with Gasteiger partial charge in [-0.2, -0.15) is 5.26 Å². The minimum Gasteiger partial charge on any atom is -0.337 e. The minimum absolute atomic E-state index is 0.00958. The molecule has 0 aliphatic heterocycles. The molecule has 1 aliphatic rings. The fraction of sp³-hybridized carbons (Fsp3) is 0.857. The van der Waals surface area contributed by atoms with Crippen molar-refractivity contribution in [3.8, 4) is 6.07 Å². The summed E-state index contributed by atoms with van der Waals surface area (Å²) in [5, 5.41) is 12.6. The highest BCUT2D eigenvalue weighted by Gasteiger charge is 2.32. The van der Waals surface area contributed by atoms with Gasteiger partial charge in [-0.05, 0) is 32.6 Å². The van der Waals surface area contributed by atoms with Crippen LogP contribution >= 0.6 is 11.8 Å². The number of nitrogens with zero attached hydrogens (tertiary/aromatic N) is 1. The molecule has 0 radical (unpaired) electrons. The molecular weight excluding hydrogens is 244 g/mol. The van der Waals surface area contributed by atoms with Gasteiger partial charge in [0.15, 0.2) is 0 Å². The average Bonchev–Trinajstić information content (AvgIpc) is 2.81. The van der Waals surface area contributed by atoms with Gasteiger partial charge in [0.1, 0.15) is 5.54 Å². The van der Waals surface area contributed by atoms with Gasteiger partial charge in [-0.1, -0.05) is 26.7 Å². The van der Waals surface area contributed by atoms with E-state index in [9.17, 15) is 10.1 Å². The summed E-state index contributed by atoms with van der Waals surface area (Å²) in [6, 6.07) is 2.22. The van der Waals surface area contributed by atoms with Crippen LogP contribution < -0.4 is 5.32 Å². The van der Waals surface area contributed by atoms with E-state index < -0.39 is 5.54 Å². The van der Waals surface area contributed by atoms with Gasteiger partial charge in [0, 0.05) is 5.25 Å². The number of hydrogen-bond acceptors (Lipinski definition) is 3. The van der Waals surface area contributed by atoms with Crippen LogP contribution in [0.2, 0.25) is 0 Å². The zero-order chi connectivity index (χ0) is 13.8. The lowest BCUT2D eigenvalue weighted by Gasteiger charge is -2.29. The third kappa shape index (κ3) is 3.91. The van der Waals surface area contributed by atoms with Crippen LogP contribution in [0.1, 0.15) is 53.4 Å². The molecule has 1 N–H and O–H groups in total. The van der Waals surface area contributed by atoms with E-state index in [1.54, 1.807) is 18.7 Å². The van der Waals surface area contributed by atoms with Crippen LogP contribution in [0, 0.1) is 17.2 Å². The first-order valence-electron chi connectivity index (χ1n) is 6.78. The van der Waals surface area contributed by atoms with Crippen LogP contribution in [0.15, 0.2) is 0 Å². The van der Waals surface area contributed by atoms with E-state index in [4.69, 9.17) is 0 Å². The molecule has 1 amide bonds. The van der Waals surface area contributed by atoms with E-state index in [2.05, 4.69) is 11.4 Å². The Morgan fingerprint density at radius 3 is 2.39 bits per heavy atom. The first-order valence-corrected chi connectivity index (χ1v) is 7.72. The van der Waals surface area contributed by atoms with Crippen LogP contribution in [-0.2, 0) is 4.79 Å². The smallest absolute Gasteiger partial charge is 0.234 e. The number of amides is 1. The number of carbonyl (C=O) groups excluding carboxylic acids is 1. The number of nitriles is 1. The molecule has 2 atom stereocenters. The largest absolute Gasteiger partial charge is 0.337 e. The average molecular weight is 268 g/mol. The van der Waals surface area contributed by atoms with Gasteiger partial charge < -0.3 is 5.32 Å². The summed E-state index contributed by atoms with van der Waals surface area (Å²) in [4.78, 5) is 12.1. The van der Waals surface area contributed by atoms with Crippen LogP contribution in [-0.4, -0.2) is 21.9 Å². The summed E-state index contributed by atoms with van der Waals surface area (Å²) in [5.41, 5.74) is -0.762. The van der Waals surface area contributed by atoms with Crippen molar-refractivity contribution in [1.82, 2.24) is 5.32 Å². The molecule has 0 aromatic carbocycles. The summed E-state index contributed by atoms with van der Waals surface area (Å²) >= 11 is 1.76. The van der Waals surface area contributed by atoms with Crippen molar-refractivity contribution in [2.45, 2.75) is 69.4 Å². The van der Waals surface area contributed by atoms with Gasteiger partial charge in [-0.3, -0.25) is 4.79 Å². The van der Waals surface area contributed by atoms with Gasteiger partial charge in [0.25, 0.3) is 0 Å². The van der Waals surface area contributed by atoms with Crippen molar-refractivity contribution >= 4 is 17.7 Å². The molecule has 0 saturated heterocycles. The van der Waals surface area contributed by atoms with Crippen LogP contribution in [0.4, 0.5) is 0 Å². The zero-order valence-electron chi connectivity index (χ0n) is 11.8. The molecule has 1 rings (SSSR count). The van der Waals surface area contributed by atoms with Crippen molar-refractivity contribution in [3.05, 3.63) is 0 Å². The highest BCUT2D eigenvalue weighted by atomic mass is 32.2. The Bertz CT molecular complexity index is 331. The van der Waals surface area contributed by atoms with E-state index >= 15 is 0 Å². The lowest BCUT2D eigenvalue weighted by molar-refractivity contribution is -0.121. The highest BCUT2D eigenvalue weighted by molar-refractivity contribution is 8.01. The van der Waals surface area contributed by atoms with E-state index in [-0.39, 0.29) is 17.1 Å². The van der Waals surface area contributed by atoms with E-state index in [0.29, 0.717) is 5.25 Å². The summed E-state index contributed by atoms with van der Waals surface area (Å²) in [6.45, 7) is 7.65. The molecule has 1 saturated carbocycles. The molecule has 102 valence electrons. The minimum atomic E-state index is -0.762. The second-order valence-corrected chi connectivity index (χ2v) is 7.29. The summed E-state index contributed by atoms with van der Waals surface area (Å²) in [6.07, 6.45) is 5.02. The van der Waals surface area contributed by atoms with Gasteiger partial charge in [-0.15, -0.1) is 11.8 Å². The zero-order valence-corrected chi connectivity index (χ0v) is 12.6. The predicted octanol–water partition coefficient (Wildman–Crippen LogP) is 3.11. The first-order chi connectivity index (χ1) is 8.39.